The highest BCUT2D eigenvalue weighted by molar-refractivity contribution is 5.68. The normalized spacial score (nSPS) is 40.5. The van der Waals surface area contributed by atoms with Crippen molar-refractivity contribution in [2.75, 3.05) is 7.11 Å². The summed E-state index contributed by atoms with van der Waals surface area (Å²) < 4.78 is 4.78. The van der Waals surface area contributed by atoms with E-state index in [1.54, 1.807) is 5.57 Å². The Kier molecular flexibility index (Phi) is 7.87. The molecule has 0 aromatic rings. The highest BCUT2D eigenvalue weighted by Crippen LogP contribution is 2.64. The van der Waals surface area contributed by atoms with Crippen LogP contribution in [0.3, 0.4) is 0 Å². The van der Waals surface area contributed by atoms with E-state index in [1.165, 1.54) is 58.5 Å². The van der Waals surface area contributed by atoms with E-state index in [9.17, 15) is 9.90 Å². The van der Waals surface area contributed by atoms with Gasteiger partial charge in [0.2, 0.25) is 0 Å². The Morgan fingerprint density at radius 1 is 1.14 bits per heavy atom. The van der Waals surface area contributed by atoms with Crippen LogP contribution in [0.2, 0.25) is 0 Å². The fraction of sp³-hybridized carbons (Fsp3) is 0.885. The minimum atomic E-state index is -0.0845. The lowest BCUT2D eigenvalue weighted by Crippen LogP contribution is -2.46. The van der Waals surface area contributed by atoms with Gasteiger partial charge in [-0.3, -0.25) is 4.79 Å². The molecule has 0 saturated heterocycles. The number of unbranched alkanes of at least 4 members (excludes halogenated alkanes) is 1. The Labute approximate surface area is 178 Å². The number of aliphatic hydroxyl groups excluding tert-OH is 1. The van der Waals surface area contributed by atoms with Crippen LogP contribution in [0.15, 0.2) is 11.6 Å². The first-order chi connectivity index (χ1) is 14.0. The number of rotatable bonds is 5. The van der Waals surface area contributed by atoms with E-state index in [0.29, 0.717) is 11.8 Å². The molecule has 0 aromatic carbocycles. The molecule has 3 fully saturated rings. The van der Waals surface area contributed by atoms with Crippen LogP contribution in [0.25, 0.3) is 0 Å². The van der Waals surface area contributed by atoms with Gasteiger partial charge >= 0.3 is 5.97 Å². The summed E-state index contributed by atoms with van der Waals surface area (Å²) in [6.45, 7) is 6.59. The summed E-state index contributed by atoms with van der Waals surface area (Å²) in [5.74, 6) is 4.22. The molecule has 166 valence electrons. The third-order valence-electron chi connectivity index (χ3n) is 9.03. The second-order valence-electron chi connectivity index (χ2n) is 10.1. The Bertz CT molecular complexity index is 583. The van der Waals surface area contributed by atoms with E-state index in [0.717, 1.165) is 48.9 Å². The maximum absolute atomic E-state index is 11.3. The quantitative estimate of drug-likeness (QED) is 0.332. The van der Waals surface area contributed by atoms with Gasteiger partial charge in [-0.1, -0.05) is 38.8 Å². The van der Waals surface area contributed by atoms with Crippen molar-refractivity contribution in [3.05, 3.63) is 11.6 Å². The minimum Gasteiger partial charge on any atom is -0.469 e. The van der Waals surface area contributed by atoms with Gasteiger partial charge in [0, 0.05) is 6.42 Å². The first-order valence-electron chi connectivity index (χ1n) is 12.5. The van der Waals surface area contributed by atoms with Crippen LogP contribution < -0.4 is 0 Å². The minimum absolute atomic E-state index is 0.0617. The van der Waals surface area contributed by atoms with Crippen molar-refractivity contribution in [2.24, 2.45) is 35.0 Å². The number of aliphatic hydroxyl groups is 1. The molecule has 0 radical (unpaired) electrons. The zero-order valence-electron chi connectivity index (χ0n) is 19.3. The lowest BCUT2D eigenvalue weighted by atomic mass is 9.51. The zero-order chi connectivity index (χ0) is 21.0. The van der Waals surface area contributed by atoms with Crippen molar-refractivity contribution in [3.8, 4) is 0 Å². The molecule has 3 saturated carbocycles. The van der Waals surface area contributed by atoms with Gasteiger partial charge < -0.3 is 9.84 Å². The summed E-state index contributed by atoms with van der Waals surface area (Å²) >= 11 is 0. The van der Waals surface area contributed by atoms with E-state index in [4.69, 9.17) is 4.74 Å². The molecule has 7 atom stereocenters. The van der Waals surface area contributed by atoms with E-state index in [1.807, 2.05) is 13.8 Å². The lowest BCUT2D eigenvalue weighted by Gasteiger charge is -2.54. The number of fused-ring (bicyclic) bond motifs is 5. The van der Waals surface area contributed by atoms with Gasteiger partial charge in [-0.05, 0) is 99.2 Å². The first-order valence-corrected chi connectivity index (χ1v) is 12.5. The summed E-state index contributed by atoms with van der Waals surface area (Å²) in [5, 5.41) is 10.1. The van der Waals surface area contributed by atoms with Gasteiger partial charge in [-0.15, -0.1) is 0 Å². The summed E-state index contributed by atoms with van der Waals surface area (Å²) in [5.41, 5.74) is 2.11. The molecule has 3 nitrogen and oxygen atoms in total. The number of carbonyl (C=O) groups excluding carboxylic acids is 1. The Morgan fingerprint density at radius 3 is 2.69 bits per heavy atom. The molecule has 0 bridgehead atoms. The van der Waals surface area contributed by atoms with Crippen molar-refractivity contribution < 1.29 is 14.6 Å². The number of esters is 1. The van der Waals surface area contributed by atoms with Crippen LogP contribution in [0.5, 0.6) is 0 Å². The third kappa shape index (κ3) is 4.60. The van der Waals surface area contributed by atoms with Gasteiger partial charge in [0.15, 0.2) is 0 Å². The monoisotopic (exact) mass is 404 g/mol. The van der Waals surface area contributed by atoms with E-state index in [2.05, 4.69) is 13.0 Å². The smallest absolute Gasteiger partial charge is 0.305 e. The van der Waals surface area contributed by atoms with Crippen molar-refractivity contribution in [2.45, 2.75) is 104 Å². The molecule has 7 unspecified atom stereocenters. The topological polar surface area (TPSA) is 46.5 Å². The second-order valence-corrected chi connectivity index (χ2v) is 10.1. The Morgan fingerprint density at radius 2 is 1.93 bits per heavy atom. The highest BCUT2D eigenvalue weighted by Gasteiger charge is 2.55. The molecule has 0 spiro atoms. The van der Waals surface area contributed by atoms with Crippen molar-refractivity contribution in [1.82, 2.24) is 0 Å². The number of hydrogen-bond acceptors (Lipinski definition) is 3. The second kappa shape index (κ2) is 9.98. The molecule has 4 aliphatic carbocycles. The SMILES string of the molecule is CC.COC(=O)CCCCC1CCC2C3CC=C4CC(O)CCC4C3CCC12C. The van der Waals surface area contributed by atoms with Crippen LogP contribution in [0, 0.1) is 35.0 Å². The molecule has 0 amide bonds. The predicted molar refractivity (Wildman–Crippen MR) is 118 cm³/mol. The van der Waals surface area contributed by atoms with E-state index in [-0.39, 0.29) is 12.1 Å². The summed E-state index contributed by atoms with van der Waals surface area (Å²) in [6, 6.07) is 0. The van der Waals surface area contributed by atoms with E-state index >= 15 is 0 Å². The fourth-order valence-corrected chi connectivity index (χ4v) is 7.59. The third-order valence-corrected chi connectivity index (χ3v) is 9.03. The summed E-state index contributed by atoms with van der Waals surface area (Å²) in [4.78, 5) is 11.3. The maximum atomic E-state index is 11.3. The lowest BCUT2D eigenvalue weighted by molar-refractivity contribution is -0.140. The highest BCUT2D eigenvalue weighted by atomic mass is 16.5. The summed E-state index contributed by atoms with van der Waals surface area (Å²) in [7, 11) is 1.49. The molecular weight excluding hydrogens is 360 g/mol. The van der Waals surface area contributed by atoms with Gasteiger partial charge in [0.25, 0.3) is 0 Å². The van der Waals surface area contributed by atoms with Gasteiger partial charge in [0.1, 0.15) is 0 Å². The molecular formula is C26H44O3. The molecule has 0 aliphatic heterocycles. The molecule has 3 heteroatoms. The number of hydrogen-bond donors (Lipinski definition) is 1. The molecule has 29 heavy (non-hydrogen) atoms. The van der Waals surface area contributed by atoms with Crippen LogP contribution in [-0.4, -0.2) is 24.3 Å². The average Bonchev–Trinajstić information content (AvgIpc) is 3.08. The van der Waals surface area contributed by atoms with Crippen molar-refractivity contribution in [1.29, 1.82) is 0 Å². The average molecular weight is 405 g/mol. The molecule has 4 aliphatic rings. The predicted octanol–water partition coefficient (Wildman–Crippen LogP) is 6.30. The fourth-order valence-electron chi connectivity index (χ4n) is 7.59. The Balaban J connectivity index is 0.00000117. The molecule has 1 N–H and O–H groups in total. The van der Waals surface area contributed by atoms with Crippen LogP contribution in [-0.2, 0) is 9.53 Å². The largest absolute Gasteiger partial charge is 0.469 e. The van der Waals surface area contributed by atoms with E-state index < -0.39 is 0 Å². The van der Waals surface area contributed by atoms with Gasteiger partial charge in [0.05, 0.1) is 13.2 Å². The van der Waals surface area contributed by atoms with Gasteiger partial charge in [-0.2, -0.15) is 0 Å². The van der Waals surface area contributed by atoms with Gasteiger partial charge in [-0.25, -0.2) is 0 Å². The molecule has 0 heterocycles. The Hall–Kier alpha value is -0.830. The zero-order valence-corrected chi connectivity index (χ0v) is 19.3. The number of ether oxygens (including phenoxy) is 1. The number of allylic oxidation sites excluding steroid dienone is 1. The molecule has 0 aromatic heterocycles. The standard InChI is InChI=1S/C24H38O3.C2H6/c1-24-14-13-20-19-11-9-18(25)15-16(19)7-10-21(20)22(24)12-8-17(24)5-3-4-6-23(26)27-2;1-2/h7,17-22,25H,3-6,8-15H2,1-2H3;1-2H3. The van der Waals surface area contributed by atoms with Crippen molar-refractivity contribution in [3.63, 3.8) is 0 Å². The van der Waals surface area contributed by atoms with Crippen LogP contribution in [0.1, 0.15) is 97.8 Å². The maximum Gasteiger partial charge on any atom is 0.305 e. The number of carbonyl (C=O) groups is 1. The van der Waals surface area contributed by atoms with Crippen molar-refractivity contribution >= 4 is 5.97 Å². The van der Waals surface area contributed by atoms with Crippen LogP contribution >= 0.6 is 0 Å². The molecule has 4 rings (SSSR count). The first kappa shape index (κ1) is 22.8. The number of methoxy groups -OCH3 is 1. The summed E-state index contributed by atoms with van der Waals surface area (Å²) in [6.07, 6.45) is 16.5. The van der Waals surface area contributed by atoms with Crippen LogP contribution in [0.4, 0.5) is 0 Å².